The maximum absolute atomic E-state index is 14.0. The van der Waals surface area contributed by atoms with Crippen LogP contribution in [0.15, 0.2) is 71.6 Å². The van der Waals surface area contributed by atoms with Crippen molar-refractivity contribution >= 4 is 27.5 Å². The van der Waals surface area contributed by atoms with E-state index < -0.39 is 16.1 Å². The topological polar surface area (TPSA) is 95.6 Å². The van der Waals surface area contributed by atoms with Gasteiger partial charge in [-0.05, 0) is 59.9 Å². The van der Waals surface area contributed by atoms with Gasteiger partial charge >= 0.3 is 0 Å². The van der Waals surface area contributed by atoms with Gasteiger partial charge in [0.1, 0.15) is 10.7 Å². The summed E-state index contributed by atoms with van der Waals surface area (Å²) in [4.78, 5) is 24.7. The van der Waals surface area contributed by atoms with Crippen molar-refractivity contribution in [3.63, 3.8) is 0 Å². The van der Waals surface area contributed by atoms with Crippen molar-refractivity contribution in [2.75, 3.05) is 11.9 Å². The second kappa shape index (κ2) is 10.6. The lowest BCUT2D eigenvalue weighted by Gasteiger charge is -2.36. The van der Waals surface area contributed by atoms with Gasteiger partial charge in [-0.2, -0.15) is 4.31 Å². The number of nitrogens with zero attached hydrogens (tertiary/aromatic N) is 1. The molecule has 0 aromatic heterocycles. The maximum Gasteiger partial charge on any atom is 0.245 e. The van der Waals surface area contributed by atoms with Crippen LogP contribution in [0.5, 0.6) is 0 Å². The number of hydrogen-bond acceptors (Lipinski definition) is 4. The summed E-state index contributed by atoms with van der Waals surface area (Å²) in [5.74, 6) is -1.07. The van der Waals surface area contributed by atoms with Gasteiger partial charge in [-0.1, -0.05) is 42.5 Å². The fourth-order valence-corrected chi connectivity index (χ4v) is 6.28. The van der Waals surface area contributed by atoms with E-state index in [-0.39, 0.29) is 47.7 Å². The standard InChI is InChI=1S/C27H28FN3O4S/c1-18-7-12-24(30-19(2)32)26(15-18)36(34,35)31-14-13-21-5-3-4-6-23(21)25(31)16-27(33)29-17-20-8-10-22(28)11-9-20/h3-12,15,25H,13-14,16-17H2,1-2H3,(H,29,33)(H,30,32). The molecule has 0 bridgehead atoms. The van der Waals surface area contributed by atoms with Crippen LogP contribution in [0.25, 0.3) is 0 Å². The second-order valence-corrected chi connectivity index (χ2v) is 10.7. The molecule has 9 heteroatoms. The molecule has 2 N–H and O–H groups in total. The summed E-state index contributed by atoms with van der Waals surface area (Å²) in [6.07, 6.45) is 0.420. The number of carbonyl (C=O) groups excluding carboxylic acids is 2. The minimum absolute atomic E-state index is 0.00574. The van der Waals surface area contributed by atoms with Gasteiger partial charge in [0.05, 0.1) is 11.7 Å². The molecule has 4 rings (SSSR count). The molecule has 1 atom stereocenters. The first-order valence-corrected chi connectivity index (χ1v) is 13.1. The molecule has 3 aromatic carbocycles. The van der Waals surface area contributed by atoms with Crippen LogP contribution >= 0.6 is 0 Å². The highest BCUT2D eigenvalue weighted by molar-refractivity contribution is 7.89. The average molecular weight is 510 g/mol. The van der Waals surface area contributed by atoms with Gasteiger partial charge in [0.2, 0.25) is 21.8 Å². The highest BCUT2D eigenvalue weighted by atomic mass is 32.2. The Morgan fingerprint density at radius 2 is 1.78 bits per heavy atom. The predicted octanol–water partition coefficient (Wildman–Crippen LogP) is 4.09. The van der Waals surface area contributed by atoms with Gasteiger partial charge in [0.25, 0.3) is 0 Å². The Hall–Kier alpha value is -3.56. The third kappa shape index (κ3) is 5.63. The van der Waals surface area contributed by atoms with Crippen LogP contribution in [0.1, 0.15) is 41.6 Å². The highest BCUT2D eigenvalue weighted by Gasteiger charge is 2.38. The molecule has 0 aliphatic carbocycles. The van der Waals surface area contributed by atoms with Crippen LogP contribution in [0.4, 0.5) is 10.1 Å². The molecular weight excluding hydrogens is 481 g/mol. The summed E-state index contributed by atoms with van der Waals surface area (Å²) in [6.45, 7) is 3.50. The lowest BCUT2D eigenvalue weighted by atomic mass is 9.92. The van der Waals surface area contributed by atoms with Crippen molar-refractivity contribution in [1.29, 1.82) is 0 Å². The van der Waals surface area contributed by atoms with Gasteiger partial charge in [0.15, 0.2) is 0 Å². The van der Waals surface area contributed by atoms with Crippen molar-refractivity contribution in [3.8, 4) is 0 Å². The van der Waals surface area contributed by atoms with Crippen LogP contribution in [-0.4, -0.2) is 31.1 Å². The maximum atomic E-state index is 14.0. The average Bonchev–Trinajstić information content (AvgIpc) is 2.84. The van der Waals surface area contributed by atoms with Crippen molar-refractivity contribution < 1.29 is 22.4 Å². The zero-order chi connectivity index (χ0) is 25.9. The third-order valence-electron chi connectivity index (χ3n) is 6.18. The van der Waals surface area contributed by atoms with Crippen LogP contribution in [0, 0.1) is 12.7 Å². The monoisotopic (exact) mass is 509 g/mol. The Bertz CT molecular complexity index is 1390. The second-order valence-electron chi connectivity index (χ2n) is 8.87. The fraction of sp³-hybridized carbons (Fsp3) is 0.259. The van der Waals surface area contributed by atoms with Gasteiger partial charge in [0, 0.05) is 26.4 Å². The fourth-order valence-electron chi connectivity index (χ4n) is 4.44. The van der Waals surface area contributed by atoms with Crippen LogP contribution in [-0.2, 0) is 32.6 Å². The summed E-state index contributed by atoms with van der Waals surface area (Å²) in [5.41, 5.74) is 3.43. The minimum Gasteiger partial charge on any atom is -0.352 e. The number of nitrogens with one attached hydrogen (secondary N) is 2. The minimum atomic E-state index is -4.07. The zero-order valence-electron chi connectivity index (χ0n) is 20.1. The smallest absolute Gasteiger partial charge is 0.245 e. The molecule has 0 radical (unpaired) electrons. The first-order chi connectivity index (χ1) is 17.1. The number of aryl methyl sites for hydroxylation is 1. The number of amides is 2. The number of benzene rings is 3. The molecule has 1 aliphatic heterocycles. The number of anilines is 1. The summed E-state index contributed by atoms with van der Waals surface area (Å²) in [7, 11) is -4.07. The molecule has 0 spiro atoms. The number of rotatable bonds is 7. The molecule has 1 heterocycles. The Morgan fingerprint density at radius 1 is 1.06 bits per heavy atom. The van der Waals surface area contributed by atoms with Crippen molar-refractivity contribution in [1.82, 2.24) is 9.62 Å². The molecule has 2 amide bonds. The van der Waals surface area contributed by atoms with E-state index in [1.807, 2.05) is 24.3 Å². The molecule has 1 unspecified atom stereocenters. The third-order valence-corrected chi connectivity index (χ3v) is 8.13. The number of halogens is 1. The van der Waals surface area contributed by atoms with Crippen molar-refractivity contribution in [2.24, 2.45) is 0 Å². The van der Waals surface area contributed by atoms with E-state index in [1.54, 1.807) is 31.2 Å². The van der Waals surface area contributed by atoms with Crippen molar-refractivity contribution in [3.05, 3.63) is 94.8 Å². The molecule has 36 heavy (non-hydrogen) atoms. The molecule has 0 saturated carbocycles. The SMILES string of the molecule is CC(=O)Nc1ccc(C)cc1S(=O)(=O)N1CCc2ccccc2C1CC(=O)NCc1ccc(F)cc1. The van der Waals surface area contributed by atoms with E-state index in [0.717, 1.165) is 22.3 Å². The molecule has 0 fully saturated rings. The van der Waals surface area contributed by atoms with E-state index in [9.17, 15) is 22.4 Å². The van der Waals surface area contributed by atoms with Gasteiger partial charge in [-0.25, -0.2) is 12.8 Å². The Labute approximate surface area is 210 Å². The van der Waals surface area contributed by atoms with Gasteiger partial charge in [-0.3, -0.25) is 9.59 Å². The van der Waals surface area contributed by atoms with E-state index >= 15 is 0 Å². The molecule has 188 valence electrons. The van der Waals surface area contributed by atoms with E-state index in [4.69, 9.17) is 0 Å². The number of fused-ring (bicyclic) bond motifs is 1. The predicted molar refractivity (Wildman–Crippen MR) is 135 cm³/mol. The number of sulfonamides is 1. The molecule has 1 aliphatic rings. The van der Waals surface area contributed by atoms with Crippen LogP contribution in [0.3, 0.4) is 0 Å². The lowest BCUT2D eigenvalue weighted by molar-refractivity contribution is -0.122. The molecule has 0 saturated heterocycles. The highest BCUT2D eigenvalue weighted by Crippen LogP contribution is 2.38. The summed E-state index contributed by atoms with van der Waals surface area (Å²) in [5, 5.41) is 5.43. The van der Waals surface area contributed by atoms with E-state index in [0.29, 0.717) is 6.42 Å². The molecule has 3 aromatic rings. The first-order valence-electron chi connectivity index (χ1n) is 11.6. The van der Waals surface area contributed by atoms with Gasteiger partial charge in [-0.15, -0.1) is 0 Å². The Balaban J connectivity index is 1.65. The zero-order valence-corrected chi connectivity index (χ0v) is 20.9. The lowest BCUT2D eigenvalue weighted by Crippen LogP contribution is -2.42. The first kappa shape index (κ1) is 25.5. The summed E-state index contributed by atoms with van der Waals surface area (Å²) >= 11 is 0. The van der Waals surface area contributed by atoms with E-state index in [2.05, 4.69) is 10.6 Å². The normalized spacial score (nSPS) is 15.7. The van der Waals surface area contributed by atoms with Crippen LogP contribution < -0.4 is 10.6 Å². The van der Waals surface area contributed by atoms with Gasteiger partial charge < -0.3 is 10.6 Å². The summed E-state index contributed by atoms with van der Waals surface area (Å²) < 4.78 is 42.5. The van der Waals surface area contributed by atoms with E-state index in [1.165, 1.54) is 29.4 Å². The number of carbonyl (C=O) groups is 2. The Kier molecular flexibility index (Phi) is 7.51. The largest absolute Gasteiger partial charge is 0.352 e. The quantitative estimate of drug-likeness (QED) is 0.502. The molecule has 7 nitrogen and oxygen atoms in total. The number of hydrogen-bond donors (Lipinski definition) is 2. The Morgan fingerprint density at radius 3 is 2.50 bits per heavy atom. The summed E-state index contributed by atoms with van der Waals surface area (Å²) in [6, 6.07) is 17.4. The van der Waals surface area contributed by atoms with Crippen molar-refractivity contribution in [2.45, 2.75) is 44.2 Å². The van der Waals surface area contributed by atoms with Crippen LogP contribution in [0.2, 0.25) is 0 Å². The molecular formula is C27H28FN3O4S.